The van der Waals surface area contributed by atoms with Crippen molar-refractivity contribution in [3.05, 3.63) is 0 Å². The molecule has 0 fully saturated rings. The van der Waals surface area contributed by atoms with E-state index in [0.717, 1.165) is 6.92 Å². The number of carbonyl (C=O) groups is 7. The van der Waals surface area contributed by atoms with Gasteiger partial charge < -0.3 is 47.8 Å². The summed E-state index contributed by atoms with van der Waals surface area (Å²) in [6.45, 7) is 1.07. The minimum absolute atomic E-state index is 0.487. The van der Waals surface area contributed by atoms with Crippen LogP contribution in [0.4, 0.5) is 0 Å². The van der Waals surface area contributed by atoms with Gasteiger partial charge in [-0.1, -0.05) is 0 Å². The van der Waals surface area contributed by atoms with Gasteiger partial charge in [0.2, 0.25) is 23.6 Å². The van der Waals surface area contributed by atoms with E-state index >= 15 is 0 Å². The molecule has 0 aromatic heterocycles. The molecule has 16 heteroatoms. The van der Waals surface area contributed by atoms with Gasteiger partial charge in [-0.3, -0.25) is 28.8 Å². The number of carboxylic acids is 3. The molecule has 0 saturated heterocycles. The molecule has 0 bridgehead atoms. The molecule has 33 heavy (non-hydrogen) atoms. The molecule has 5 atom stereocenters. The normalized spacial score (nSPS) is 15.1. The molecule has 0 aliphatic carbocycles. The minimum atomic E-state index is -1.77. The van der Waals surface area contributed by atoms with E-state index in [1.165, 1.54) is 0 Å². The van der Waals surface area contributed by atoms with Crippen LogP contribution in [0, 0.1) is 0 Å². The van der Waals surface area contributed by atoms with Gasteiger partial charge in [0.15, 0.2) is 0 Å². The van der Waals surface area contributed by atoms with Crippen molar-refractivity contribution in [3.63, 3.8) is 0 Å². The summed E-state index contributed by atoms with van der Waals surface area (Å²) < 4.78 is 0. The molecule has 0 heterocycles. The summed E-state index contributed by atoms with van der Waals surface area (Å²) in [5, 5.41) is 42.4. The number of aliphatic hydroxyl groups excluding tert-OH is 1. The first-order valence-corrected chi connectivity index (χ1v) is 9.45. The molecule has 0 aliphatic heterocycles. The predicted octanol–water partition coefficient (Wildman–Crippen LogP) is -4.55. The van der Waals surface area contributed by atoms with E-state index in [0.29, 0.717) is 0 Å². The number of hydrogen-bond acceptors (Lipinski definition) is 9. The molecule has 0 rings (SSSR count). The molecule has 0 radical (unpaired) electrons. The van der Waals surface area contributed by atoms with Gasteiger partial charge in [0, 0.05) is 6.42 Å². The van der Waals surface area contributed by atoms with E-state index in [1.807, 2.05) is 16.0 Å². The number of hydrogen-bond donors (Lipinski definition) is 9. The lowest BCUT2D eigenvalue weighted by Crippen LogP contribution is -2.60. The third-order valence-electron chi connectivity index (χ3n) is 4.09. The first kappa shape index (κ1) is 29.2. The number of nitrogens with one attached hydrogen (secondary N) is 3. The largest absolute Gasteiger partial charge is 0.481 e. The molecule has 5 unspecified atom stereocenters. The van der Waals surface area contributed by atoms with Crippen LogP contribution in [-0.4, -0.2) is 92.2 Å². The highest BCUT2D eigenvalue weighted by molar-refractivity contribution is 5.96. The fourth-order valence-corrected chi connectivity index (χ4v) is 2.42. The summed E-state index contributed by atoms with van der Waals surface area (Å²) in [4.78, 5) is 80.8. The number of aliphatic hydroxyl groups is 1. The second kappa shape index (κ2) is 13.6. The van der Waals surface area contributed by atoms with Crippen LogP contribution in [0.3, 0.4) is 0 Å². The molecule has 0 spiro atoms. The Hall–Kier alpha value is -3.79. The van der Waals surface area contributed by atoms with Gasteiger partial charge in [-0.2, -0.15) is 0 Å². The van der Waals surface area contributed by atoms with Crippen LogP contribution in [0.15, 0.2) is 0 Å². The molecule has 0 aliphatic rings. The SMILES string of the molecule is CC(O)C(NC(=O)C(CC(N)=O)NC(=O)C(N)CC(=O)O)C(=O)NC(CCC(=O)O)C(=O)O. The van der Waals surface area contributed by atoms with E-state index in [9.17, 15) is 38.7 Å². The molecule has 0 aromatic rings. The Morgan fingerprint density at radius 2 is 1.33 bits per heavy atom. The monoisotopic (exact) mass is 477 g/mol. The maximum Gasteiger partial charge on any atom is 0.326 e. The lowest BCUT2D eigenvalue weighted by Gasteiger charge is -2.26. The van der Waals surface area contributed by atoms with Crippen molar-refractivity contribution in [2.75, 3.05) is 0 Å². The van der Waals surface area contributed by atoms with Crippen molar-refractivity contribution in [2.45, 2.75) is 62.9 Å². The van der Waals surface area contributed by atoms with Crippen LogP contribution in [-0.2, 0) is 33.6 Å². The van der Waals surface area contributed by atoms with Crippen molar-refractivity contribution < 1.29 is 54.0 Å². The maximum absolute atomic E-state index is 12.5. The van der Waals surface area contributed by atoms with Crippen LogP contribution < -0.4 is 27.4 Å². The summed E-state index contributed by atoms with van der Waals surface area (Å²) in [6.07, 6.45) is -4.24. The lowest BCUT2D eigenvalue weighted by atomic mass is 10.1. The zero-order chi connectivity index (χ0) is 25.9. The summed E-state index contributed by atoms with van der Waals surface area (Å²) in [5.74, 6) is -8.84. The average Bonchev–Trinajstić information content (AvgIpc) is 2.66. The minimum Gasteiger partial charge on any atom is -0.481 e. The van der Waals surface area contributed by atoms with Crippen molar-refractivity contribution in [1.82, 2.24) is 16.0 Å². The van der Waals surface area contributed by atoms with Gasteiger partial charge >= 0.3 is 17.9 Å². The number of carbonyl (C=O) groups excluding carboxylic acids is 4. The van der Waals surface area contributed by atoms with Crippen LogP contribution in [0.1, 0.15) is 32.6 Å². The second-order valence-electron chi connectivity index (χ2n) is 6.99. The first-order valence-electron chi connectivity index (χ1n) is 9.45. The molecular weight excluding hydrogens is 450 g/mol. The van der Waals surface area contributed by atoms with Crippen LogP contribution in [0.5, 0.6) is 0 Å². The van der Waals surface area contributed by atoms with E-state index in [2.05, 4.69) is 0 Å². The summed E-state index contributed by atoms with van der Waals surface area (Å²) in [6, 6.07) is -6.70. The fourth-order valence-electron chi connectivity index (χ4n) is 2.42. The van der Waals surface area contributed by atoms with Gasteiger partial charge in [-0.05, 0) is 13.3 Å². The van der Waals surface area contributed by atoms with E-state index in [1.54, 1.807) is 0 Å². The first-order chi connectivity index (χ1) is 15.1. The van der Waals surface area contributed by atoms with Crippen LogP contribution in [0.2, 0.25) is 0 Å². The smallest absolute Gasteiger partial charge is 0.326 e. The van der Waals surface area contributed by atoms with Crippen LogP contribution in [0.25, 0.3) is 0 Å². The Morgan fingerprint density at radius 1 is 0.788 bits per heavy atom. The maximum atomic E-state index is 12.5. The Morgan fingerprint density at radius 3 is 1.76 bits per heavy atom. The molecule has 186 valence electrons. The molecule has 11 N–H and O–H groups in total. The highest BCUT2D eigenvalue weighted by Crippen LogP contribution is 2.03. The topological polar surface area (TPSA) is 289 Å². The predicted molar refractivity (Wildman–Crippen MR) is 106 cm³/mol. The van der Waals surface area contributed by atoms with E-state index in [4.69, 9.17) is 26.8 Å². The Bertz CT molecular complexity index is 785. The van der Waals surface area contributed by atoms with Crippen molar-refractivity contribution in [3.8, 4) is 0 Å². The van der Waals surface area contributed by atoms with Crippen LogP contribution >= 0.6 is 0 Å². The number of aliphatic carboxylic acids is 3. The molecule has 0 aromatic carbocycles. The third kappa shape index (κ3) is 11.4. The number of rotatable bonds is 15. The van der Waals surface area contributed by atoms with Crippen molar-refractivity contribution in [2.24, 2.45) is 11.5 Å². The Balaban J connectivity index is 5.45. The number of carboxylic acid groups (broad SMARTS) is 3. The summed E-state index contributed by atoms with van der Waals surface area (Å²) in [5.41, 5.74) is 10.4. The zero-order valence-electron chi connectivity index (χ0n) is 17.5. The molecular formula is C17H27N5O11. The number of nitrogens with two attached hydrogens (primary N) is 2. The van der Waals surface area contributed by atoms with Gasteiger partial charge in [-0.25, -0.2) is 4.79 Å². The highest BCUT2D eigenvalue weighted by Gasteiger charge is 2.33. The Kier molecular flexibility index (Phi) is 12.0. The van der Waals surface area contributed by atoms with Gasteiger partial charge in [-0.15, -0.1) is 0 Å². The molecule has 16 nitrogen and oxygen atoms in total. The van der Waals surface area contributed by atoms with Crippen molar-refractivity contribution in [1.29, 1.82) is 0 Å². The standard InChI is InChI=1S/C17H27N5O11/c1-6(23)13(16(31)20-8(17(32)33)2-3-11(25)26)22-15(30)9(5-10(19)24)21-14(29)7(18)4-12(27)28/h6-9,13,23H,2-5,18H2,1H3,(H2,19,24)(H,20,31)(H,21,29)(H,22,30)(H,25,26)(H,27,28)(H,32,33). The second-order valence-corrected chi connectivity index (χ2v) is 6.99. The highest BCUT2D eigenvalue weighted by atomic mass is 16.4. The van der Waals surface area contributed by atoms with E-state index in [-0.39, 0.29) is 0 Å². The van der Waals surface area contributed by atoms with Gasteiger partial charge in [0.25, 0.3) is 0 Å². The van der Waals surface area contributed by atoms with Crippen molar-refractivity contribution >= 4 is 41.5 Å². The molecule has 4 amide bonds. The van der Waals surface area contributed by atoms with E-state index < -0.39 is 97.5 Å². The third-order valence-corrected chi connectivity index (χ3v) is 4.09. The number of primary amides is 1. The Labute approximate surface area is 186 Å². The quantitative estimate of drug-likeness (QED) is 0.108. The van der Waals surface area contributed by atoms with Gasteiger partial charge in [0.05, 0.1) is 25.0 Å². The molecule has 0 saturated carbocycles. The average molecular weight is 477 g/mol. The van der Waals surface area contributed by atoms with Gasteiger partial charge in [0.1, 0.15) is 18.1 Å². The summed E-state index contributed by atoms with van der Waals surface area (Å²) in [7, 11) is 0. The summed E-state index contributed by atoms with van der Waals surface area (Å²) >= 11 is 0. The number of amides is 4. The zero-order valence-corrected chi connectivity index (χ0v) is 17.5. The lowest BCUT2D eigenvalue weighted by molar-refractivity contribution is -0.144. The fraction of sp³-hybridized carbons (Fsp3) is 0.588.